The Balaban J connectivity index is 2.51. The van der Waals surface area contributed by atoms with Crippen LogP contribution in [0.5, 0.6) is 0 Å². The van der Waals surface area contributed by atoms with E-state index in [1.807, 2.05) is 12.1 Å². The van der Waals surface area contributed by atoms with Gasteiger partial charge in [-0.1, -0.05) is 33.1 Å². The minimum Gasteiger partial charge on any atom is -0.253 e. The molecule has 2 rings (SSSR count). The lowest BCUT2D eigenvalue weighted by molar-refractivity contribution is 0.532. The first-order valence-corrected chi connectivity index (χ1v) is 7.32. The van der Waals surface area contributed by atoms with Crippen LogP contribution in [0.4, 0.5) is 0 Å². The topological polar surface area (TPSA) is 62.5 Å². The predicted molar refractivity (Wildman–Crippen MR) is 79.2 cm³/mol. The van der Waals surface area contributed by atoms with Gasteiger partial charge in [-0.05, 0) is 25.0 Å². The van der Waals surface area contributed by atoms with E-state index in [0.29, 0.717) is 5.92 Å². The first-order valence-electron chi connectivity index (χ1n) is 7.32. The monoisotopic (exact) mass is 268 g/mol. The highest BCUT2D eigenvalue weighted by atomic mass is 14.9. The fraction of sp³-hybridized carbons (Fsp3) is 0.500. The quantitative estimate of drug-likeness (QED) is 0.795. The van der Waals surface area contributed by atoms with Crippen LogP contribution >= 0.6 is 0 Å². The zero-order valence-corrected chi connectivity index (χ0v) is 12.1. The molecule has 0 radical (unpaired) electrons. The largest absolute Gasteiger partial charge is 0.253 e. The molecule has 1 unspecified atom stereocenters. The van der Waals surface area contributed by atoms with Crippen molar-refractivity contribution in [2.75, 3.05) is 0 Å². The third kappa shape index (κ3) is 3.11. The molecular formula is C16H20N4. The molecule has 2 aromatic rings. The summed E-state index contributed by atoms with van der Waals surface area (Å²) >= 11 is 0. The van der Waals surface area contributed by atoms with Crippen LogP contribution in [0.2, 0.25) is 0 Å². The molecule has 0 fully saturated rings. The van der Waals surface area contributed by atoms with Crippen LogP contribution in [0.3, 0.4) is 0 Å². The van der Waals surface area contributed by atoms with Crippen molar-refractivity contribution < 1.29 is 0 Å². The first-order chi connectivity index (χ1) is 9.80. The van der Waals surface area contributed by atoms with E-state index in [-0.39, 0.29) is 5.82 Å². The molecule has 0 aliphatic rings. The summed E-state index contributed by atoms with van der Waals surface area (Å²) < 4.78 is 0. The highest BCUT2D eigenvalue weighted by Gasteiger charge is 2.18. The predicted octanol–water partition coefficient (Wildman–Crippen LogP) is 3.97. The van der Waals surface area contributed by atoms with Gasteiger partial charge >= 0.3 is 0 Å². The third-order valence-electron chi connectivity index (χ3n) is 3.51. The van der Waals surface area contributed by atoms with Gasteiger partial charge in [0.15, 0.2) is 0 Å². The molecule has 0 spiro atoms. The number of aromatic nitrogens is 3. The smallest absolute Gasteiger partial charge is 0.233 e. The molecule has 20 heavy (non-hydrogen) atoms. The molecule has 0 saturated heterocycles. The highest BCUT2D eigenvalue weighted by molar-refractivity contribution is 5.77. The summed E-state index contributed by atoms with van der Waals surface area (Å²) in [4.78, 5) is 13.1. The van der Waals surface area contributed by atoms with Gasteiger partial charge in [-0.15, -0.1) is 0 Å². The molecule has 0 aliphatic carbocycles. The van der Waals surface area contributed by atoms with Crippen molar-refractivity contribution in [2.24, 2.45) is 0 Å². The van der Waals surface area contributed by atoms with Gasteiger partial charge < -0.3 is 0 Å². The second kappa shape index (κ2) is 6.95. The van der Waals surface area contributed by atoms with E-state index in [4.69, 9.17) is 5.26 Å². The summed E-state index contributed by atoms with van der Waals surface area (Å²) in [5, 5.41) is 9.11. The summed E-state index contributed by atoms with van der Waals surface area (Å²) in [6.07, 6.45) is 7.39. The van der Waals surface area contributed by atoms with E-state index in [9.17, 15) is 0 Å². The summed E-state index contributed by atoms with van der Waals surface area (Å²) in [5.74, 6) is 0.616. The van der Waals surface area contributed by atoms with Gasteiger partial charge in [-0.2, -0.15) is 5.26 Å². The van der Waals surface area contributed by atoms with Crippen LogP contribution in [0.1, 0.15) is 63.4 Å². The number of hydrogen-bond acceptors (Lipinski definition) is 4. The Morgan fingerprint density at radius 2 is 2.05 bits per heavy atom. The Morgan fingerprint density at radius 3 is 2.75 bits per heavy atom. The van der Waals surface area contributed by atoms with Crippen molar-refractivity contribution >= 4 is 11.0 Å². The molecular weight excluding hydrogens is 248 g/mol. The highest BCUT2D eigenvalue weighted by Crippen LogP contribution is 2.29. The summed E-state index contributed by atoms with van der Waals surface area (Å²) in [5.41, 5.74) is 2.56. The molecule has 1 atom stereocenters. The second-order valence-electron chi connectivity index (χ2n) is 5.04. The lowest BCUT2D eigenvalue weighted by Gasteiger charge is -2.16. The fourth-order valence-corrected chi connectivity index (χ4v) is 2.54. The van der Waals surface area contributed by atoms with E-state index < -0.39 is 0 Å². The molecule has 4 nitrogen and oxygen atoms in total. The lowest BCUT2D eigenvalue weighted by Crippen LogP contribution is -2.07. The van der Waals surface area contributed by atoms with Crippen molar-refractivity contribution in [3.05, 3.63) is 29.8 Å². The van der Waals surface area contributed by atoms with Crippen molar-refractivity contribution in [2.45, 2.75) is 51.9 Å². The SMILES string of the molecule is CCCCC(CCC)c1nc(C#N)nc2cccnc12. The van der Waals surface area contributed by atoms with Gasteiger partial charge in [0.1, 0.15) is 11.6 Å². The van der Waals surface area contributed by atoms with Gasteiger partial charge in [0, 0.05) is 12.1 Å². The number of hydrogen-bond donors (Lipinski definition) is 0. The minimum absolute atomic E-state index is 0.248. The van der Waals surface area contributed by atoms with Crippen molar-refractivity contribution in [1.82, 2.24) is 15.0 Å². The number of rotatable bonds is 6. The normalized spacial score (nSPS) is 12.2. The van der Waals surface area contributed by atoms with E-state index in [2.05, 4.69) is 34.9 Å². The van der Waals surface area contributed by atoms with E-state index in [0.717, 1.165) is 36.0 Å². The average Bonchev–Trinajstić information content (AvgIpc) is 2.50. The number of unbranched alkanes of at least 4 members (excludes halogenated alkanes) is 1. The van der Waals surface area contributed by atoms with Crippen LogP contribution in [-0.2, 0) is 0 Å². The molecule has 0 saturated carbocycles. The van der Waals surface area contributed by atoms with Crippen LogP contribution in [-0.4, -0.2) is 15.0 Å². The minimum atomic E-state index is 0.248. The van der Waals surface area contributed by atoms with Crippen molar-refractivity contribution in [3.63, 3.8) is 0 Å². The second-order valence-corrected chi connectivity index (χ2v) is 5.04. The van der Waals surface area contributed by atoms with Gasteiger partial charge in [0.05, 0.1) is 11.2 Å². The maximum Gasteiger partial charge on any atom is 0.233 e. The van der Waals surface area contributed by atoms with Crippen LogP contribution in [0.25, 0.3) is 11.0 Å². The molecule has 4 heteroatoms. The van der Waals surface area contributed by atoms with Gasteiger partial charge in [0.2, 0.25) is 5.82 Å². The van der Waals surface area contributed by atoms with E-state index in [1.54, 1.807) is 6.20 Å². The first kappa shape index (κ1) is 14.4. The Bertz CT molecular complexity index is 615. The molecule has 0 bridgehead atoms. The zero-order valence-electron chi connectivity index (χ0n) is 12.1. The third-order valence-corrected chi connectivity index (χ3v) is 3.51. The molecule has 2 heterocycles. The molecule has 0 N–H and O–H groups in total. The Labute approximate surface area is 119 Å². The summed E-state index contributed by atoms with van der Waals surface area (Å²) in [6, 6.07) is 5.81. The number of fused-ring (bicyclic) bond motifs is 1. The Hall–Kier alpha value is -2.02. The number of nitriles is 1. The van der Waals surface area contributed by atoms with Crippen LogP contribution in [0.15, 0.2) is 18.3 Å². The van der Waals surface area contributed by atoms with Gasteiger partial charge in [0.25, 0.3) is 0 Å². The van der Waals surface area contributed by atoms with Gasteiger partial charge in [-0.25, -0.2) is 9.97 Å². The average molecular weight is 268 g/mol. The Morgan fingerprint density at radius 1 is 1.20 bits per heavy atom. The maximum atomic E-state index is 9.11. The number of pyridine rings is 1. The van der Waals surface area contributed by atoms with Crippen molar-refractivity contribution in [1.29, 1.82) is 5.26 Å². The Kier molecular flexibility index (Phi) is 5.00. The summed E-state index contributed by atoms with van der Waals surface area (Å²) in [6.45, 7) is 4.38. The van der Waals surface area contributed by atoms with Crippen molar-refractivity contribution in [3.8, 4) is 6.07 Å². The van der Waals surface area contributed by atoms with E-state index >= 15 is 0 Å². The fourth-order valence-electron chi connectivity index (χ4n) is 2.54. The number of nitrogens with zero attached hydrogens (tertiary/aromatic N) is 4. The molecule has 0 aliphatic heterocycles. The van der Waals surface area contributed by atoms with E-state index in [1.165, 1.54) is 12.8 Å². The lowest BCUT2D eigenvalue weighted by atomic mass is 9.92. The molecule has 0 aromatic carbocycles. The summed E-state index contributed by atoms with van der Waals surface area (Å²) in [7, 11) is 0. The zero-order chi connectivity index (χ0) is 14.4. The van der Waals surface area contributed by atoms with Crippen LogP contribution in [0, 0.1) is 11.3 Å². The van der Waals surface area contributed by atoms with Gasteiger partial charge in [-0.3, -0.25) is 4.98 Å². The molecule has 0 amide bonds. The van der Waals surface area contributed by atoms with Crippen LogP contribution < -0.4 is 0 Å². The molecule has 104 valence electrons. The maximum absolute atomic E-state index is 9.11. The molecule has 2 aromatic heterocycles. The standard InChI is InChI=1S/C16H20N4/c1-3-5-8-12(7-4-2)15-16-13(9-6-10-18-16)19-14(11-17)20-15/h6,9-10,12H,3-5,7-8H2,1-2H3.